The summed E-state index contributed by atoms with van der Waals surface area (Å²) >= 11 is 0. The van der Waals surface area contributed by atoms with E-state index in [1.165, 1.54) is 0 Å². The fraction of sp³-hybridized carbons (Fsp3) is 0. The van der Waals surface area contributed by atoms with Gasteiger partial charge in [0.1, 0.15) is 0 Å². The van der Waals surface area contributed by atoms with Crippen LogP contribution in [0.5, 0.6) is 0 Å². The van der Waals surface area contributed by atoms with Gasteiger partial charge in [-0.2, -0.15) is 8.42 Å². The minimum atomic E-state index is -5.13. The molecule has 12 heavy (non-hydrogen) atoms. The van der Waals surface area contributed by atoms with E-state index in [1.807, 2.05) is 0 Å². The fourth-order valence-electron chi connectivity index (χ4n) is 0.123. The van der Waals surface area contributed by atoms with Gasteiger partial charge in [0.25, 0.3) is 0 Å². The molecule has 0 rings (SSSR count). The maximum absolute atomic E-state index is 9.58. The minimum absolute atomic E-state index is 0. The van der Waals surface area contributed by atoms with Gasteiger partial charge in [-0.25, -0.2) is 4.57 Å². The van der Waals surface area contributed by atoms with Gasteiger partial charge >= 0.3 is 69.6 Å². The third kappa shape index (κ3) is 22.6. The van der Waals surface area contributed by atoms with Gasteiger partial charge < -0.3 is 23.5 Å². The summed E-state index contributed by atoms with van der Waals surface area (Å²) < 4.78 is 39.0. The van der Waals surface area contributed by atoms with Crippen molar-refractivity contribution in [2.24, 2.45) is 0 Å². The summed E-state index contributed by atoms with van der Waals surface area (Å²) in [6.45, 7) is 0. The predicted molar refractivity (Wildman–Crippen MR) is 35.8 cm³/mol. The standard InChI is InChI=1S/K.2H3N.H3O7PS.H/c;;;1-8(2,3)7-9(4,5)6;/h;2*1H3;(H2,1,2,3)(H,4,5,6);/q+1;;;;-1. The maximum atomic E-state index is 9.58. The first kappa shape index (κ1) is 23.4. The van der Waals surface area contributed by atoms with Crippen molar-refractivity contribution < 1.29 is 84.1 Å². The van der Waals surface area contributed by atoms with E-state index in [4.69, 9.17) is 14.3 Å². The topological polar surface area (TPSA) is 191 Å². The first-order chi connectivity index (χ1) is 3.71. The van der Waals surface area contributed by atoms with Crippen LogP contribution in [-0.4, -0.2) is 22.8 Å². The van der Waals surface area contributed by atoms with E-state index in [1.54, 1.807) is 0 Å². The van der Waals surface area contributed by atoms with Crippen molar-refractivity contribution in [1.82, 2.24) is 12.3 Å². The second-order valence-electron chi connectivity index (χ2n) is 0.993. The molecule has 9 N–H and O–H groups in total. The van der Waals surface area contributed by atoms with Crippen molar-refractivity contribution in [3.63, 3.8) is 0 Å². The molecule has 0 fully saturated rings. The monoisotopic (exact) mass is 252 g/mol. The molecule has 9 nitrogen and oxygen atoms in total. The zero-order valence-electron chi connectivity index (χ0n) is 7.24. The van der Waals surface area contributed by atoms with Crippen LogP contribution in [0.1, 0.15) is 1.43 Å². The van der Waals surface area contributed by atoms with Gasteiger partial charge in [-0.1, -0.05) is 0 Å². The van der Waals surface area contributed by atoms with Gasteiger partial charge in [-0.3, -0.25) is 4.55 Å². The summed E-state index contributed by atoms with van der Waals surface area (Å²) in [5.74, 6) is 0. The molecule has 0 aromatic carbocycles. The van der Waals surface area contributed by atoms with E-state index in [-0.39, 0.29) is 65.1 Å². The van der Waals surface area contributed by atoms with Crippen LogP contribution >= 0.6 is 7.82 Å². The summed E-state index contributed by atoms with van der Waals surface area (Å²) in [6, 6.07) is 0. The Morgan fingerprint density at radius 3 is 1.50 bits per heavy atom. The Balaban J connectivity index is -0.0000000533. The molecular formula is H10KN2O7PS. The Kier molecular flexibility index (Phi) is 15.5. The Morgan fingerprint density at radius 1 is 1.25 bits per heavy atom. The molecule has 74 valence electrons. The first-order valence-corrected chi connectivity index (χ1v) is 4.34. The van der Waals surface area contributed by atoms with Gasteiger partial charge in [0.05, 0.1) is 0 Å². The summed E-state index contributed by atoms with van der Waals surface area (Å²) in [5, 5.41) is 0. The van der Waals surface area contributed by atoms with Gasteiger partial charge in [0.15, 0.2) is 0 Å². The summed E-state index contributed by atoms with van der Waals surface area (Å²) in [4.78, 5) is 15.4. The molecule has 0 saturated heterocycles. The average Bonchev–Trinajstić information content (AvgIpc) is 1.14. The molecule has 0 aromatic heterocycles. The Bertz CT molecular complexity index is 233. The summed E-state index contributed by atoms with van der Waals surface area (Å²) in [5.41, 5.74) is 0. The van der Waals surface area contributed by atoms with Gasteiger partial charge in [0.2, 0.25) is 0 Å². The van der Waals surface area contributed by atoms with E-state index < -0.39 is 18.2 Å². The van der Waals surface area contributed by atoms with Crippen LogP contribution in [-0.2, 0) is 18.9 Å². The van der Waals surface area contributed by atoms with Crippen LogP contribution in [0.3, 0.4) is 0 Å². The molecule has 0 radical (unpaired) electrons. The number of rotatable bonds is 2. The van der Waals surface area contributed by atoms with Crippen LogP contribution in [0.25, 0.3) is 0 Å². The molecule has 0 saturated carbocycles. The minimum Gasteiger partial charge on any atom is -1.00 e. The van der Waals surface area contributed by atoms with Crippen molar-refractivity contribution in [2.75, 3.05) is 0 Å². The molecule has 0 aromatic rings. The van der Waals surface area contributed by atoms with Crippen LogP contribution in [0, 0.1) is 0 Å². The average molecular weight is 252 g/mol. The number of hydrogen-bond acceptors (Lipinski definition) is 6. The molecule has 0 amide bonds. The first-order valence-electron chi connectivity index (χ1n) is 1.45. The molecular weight excluding hydrogens is 242 g/mol. The zero-order chi connectivity index (χ0) is 7.71. The molecule has 0 unspecified atom stereocenters. The Morgan fingerprint density at radius 2 is 1.50 bits per heavy atom. The van der Waals surface area contributed by atoms with E-state index >= 15 is 0 Å². The number of phosphoric acid groups is 1. The Hall–Kier alpha value is 1.58. The smallest absolute Gasteiger partial charge is 1.00 e. The van der Waals surface area contributed by atoms with E-state index in [0.717, 1.165) is 0 Å². The Labute approximate surface area is 113 Å². The van der Waals surface area contributed by atoms with E-state index in [9.17, 15) is 13.0 Å². The summed E-state index contributed by atoms with van der Waals surface area (Å²) in [7, 11) is -10.2. The van der Waals surface area contributed by atoms with E-state index in [2.05, 4.69) is 3.97 Å². The molecule has 0 aliphatic heterocycles. The third-order valence-corrected chi connectivity index (χ3v) is 1.72. The predicted octanol–water partition coefficient (Wildman–Crippen LogP) is -3.66. The van der Waals surface area contributed by atoms with Crippen molar-refractivity contribution in [2.45, 2.75) is 0 Å². The largest absolute Gasteiger partial charge is 1.00 e. The van der Waals surface area contributed by atoms with Crippen LogP contribution in [0.15, 0.2) is 0 Å². The molecule has 0 spiro atoms. The number of hydrogen-bond donors (Lipinski definition) is 5. The van der Waals surface area contributed by atoms with Crippen molar-refractivity contribution in [3.8, 4) is 0 Å². The third-order valence-electron chi connectivity index (χ3n) is 0.191. The molecule has 0 bridgehead atoms. The summed E-state index contributed by atoms with van der Waals surface area (Å²) in [6.07, 6.45) is 0. The van der Waals surface area contributed by atoms with Crippen molar-refractivity contribution >= 4 is 18.2 Å². The molecule has 0 heterocycles. The molecule has 0 aliphatic carbocycles. The van der Waals surface area contributed by atoms with E-state index in [0.29, 0.717) is 0 Å². The van der Waals surface area contributed by atoms with Crippen LogP contribution in [0.2, 0.25) is 0 Å². The SMILES string of the molecule is N.N.O=P(O)(O)OS(=O)(=O)O.[H-].[K+]. The second-order valence-corrected chi connectivity index (χ2v) is 3.43. The molecule has 0 aliphatic rings. The maximum Gasteiger partial charge on any atom is 1.00 e. The van der Waals surface area contributed by atoms with Gasteiger partial charge in [-0.05, 0) is 0 Å². The van der Waals surface area contributed by atoms with Crippen LogP contribution in [0.4, 0.5) is 0 Å². The zero-order valence-corrected chi connectivity index (χ0v) is 11.1. The molecule has 0 atom stereocenters. The van der Waals surface area contributed by atoms with Gasteiger partial charge in [0, 0.05) is 0 Å². The quantitative estimate of drug-likeness (QED) is 0.187. The normalized spacial score (nSPS) is 10.2. The molecule has 12 heteroatoms. The van der Waals surface area contributed by atoms with Crippen LogP contribution < -0.4 is 63.7 Å². The van der Waals surface area contributed by atoms with Crippen molar-refractivity contribution in [1.29, 1.82) is 0 Å². The van der Waals surface area contributed by atoms with Gasteiger partial charge in [-0.15, -0.1) is 3.97 Å². The second kappa shape index (κ2) is 7.93. The fourth-order valence-corrected chi connectivity index (χ4v) is 1.10. The van der Waals surface area contributed by atoms with Crippen molar-refractivity contribution in [3.05, 3.63) is 0 Å².